The van der Waals surface area contributed by atoms with Crippen LogP contribution < -0.4 is 0 Å². The van der Waals surface area contributed by atoms with E-state index in [2.05, 4.69) is 23.0 Å². The Labute approximate surface area is 86.7 Å². The van der Waals surface area contributed by atoms with Gasteiger partial charge in [-0.05, 0) is 19.3 Å². The first-order valence-electron chi connectivity index (χ1n) is 5.82. The quantitative estimate of drug-likeness (QED) is 0.623. The minimum Gasteiger partial charge on any atom is -0.360 e. The molecule has 2 heteroatoms. The van der Waals surface area contributed by atoms with Gasteiger partial charge in [-0.2, -0.15) is 0 Å². The summed E-state index contributed by atoms with van der Waals surface area (Å²) in [6.07, 6.45) is 13.3. The van der Waals surface area contributed by atoms with Crippen molar-refractivity contribution in [1.29, 1.82) is 0 Å². The van der Waals surface area contributed by atoms with E-state index < -0.39 is 0 Å². The van der Waals surface area contributed by atoms with E-state index in [9.17, 15) is 0 Å². The van der Waals surface area contributed by atoms with Crippen LogP contribution in [0.4, 0.5) is 0 Å². The molecule has 2 rings (SSSR count). The SMILES string of the molecule is CN(C1=NC=CCC1)C1CCCCC1. The van der Waals surface area contributed by atoms with Crippen LogP contribution in [-0.4, -0.2) is 23.8 Å². The lowest BCUT2D eigenvalue weighted by molar-refractivity contribution is 0.274. The second-order valence-electron chi connectivity index (χ2n) is 4.37. The summed E-state index contributed by atoms with van der Waals surface area (Å²) in [5.41, 5.74) is 0. The maximum atomic E-state index is 4.47. The van der Waals surface area contributed by atoms with Gasteiger partial charge in [-0.3, -0.25) is 0 Å². The summed E-state index contributed by atoms with van der Waals surface area (Å²) in [5.74, 6) is 1.29. The Balaban J connectivity index is 1.95. The van der Waals surface area contributed by atoms with Crippen molar-refractivity contribution in [3.63, 3.8) is 0 Å². The van der Waals surface area contributed by atoms with Crippen molar-refractivity contribution in [2.24, 2.45) is 4.99 Å². The molecule has 0 atom stereocenters. The van der Waals surface area contributed by atoms with Crippen molar-refractivity contribution in [2.75, 3.05) is 7.05 Å². The molecule has 0 aromatic rings. The number of allylic oxidation sites excluding steroid dienone is 1. The molecule has 14 heavy (non-hydrogen) atoms. The summed E-state index contributed by atoms with van der Waals surface area (Å²) < 4.78 is 0. The minimum atomic E-state index is 0.758. The number of amidine groups is 1. The molecule has 0 saturated heterocycles. The van der Waals surface area contributed by atoms with E-state index >= 15 is 0 Å². The Morgan fingerprint density at radius 2 is 2.07 bits per heavy atom. The van der Waals surface area contributed by atoms with Crippen LogP contribution in [-0.2, 0) is 0 Å². The average Bonchev–Trinajstić information content (AvgIpc) is 2.30. The van der Waals surface area contributed by atoms with Gasteiger partial charge in [-0.25, -0.2) is 4.99 Å². The van der Waals surface area contributed by atoms with Crippen LogP contribution in [0.1, 0.15) is 44.9 Å². The van der Waals surface area contributed by atoms with Crippen molar-refractivity contribution >= 4 is 5.84 Å². The van der Waals surface area contributed by atoms with Crippen LogP contribution in [0.15, 0.2) is 17.3 Å². The summed E-state index contributed by atoms with van der Waals surface area (Å²) in [4.78, 5) is 6.89. The fourth-order valence-corrected chi connectivity index (χ4v) is 2.44. The number of hydrogen-bond donors (Lipinski definition) is 0. The highest BCUT2D eigenvalue weighted by molar-refractivity contribution is 5.83. The van der Waals surface area contributed by atoms with E-state index in [0.717, 1.165) is 18.9 Å². The molecule has 1 saturated carbocycles. The van der Waals surface area contributed by atoms with E-state index in [-0.39, 0.29) is 0 Å². The van der Waals surface area contributed by atoms with E-state index in [4.69, 9.17) is 0 Å². The van der Waals surface area contributed by atoms with Crippen LogP contribution >= 0.6 is 0 Å². The highest BCUT2D eigenvalue weighted by atomic mass is 15.2. The lowest BCUT2D eigenvalue weighted by Gasteiger charge is -2.34. The van der Waals surface area contributed by atoms with Crippen LogP contribution in [0.3, 0.4) is 0 Å². The molecule has 2 aliphatic rings. The van der Waals surface area contributed by atoms with Crippen molar-refractivity contribution < 1.29 is 0 Å². The molecule has 0 aromatic carbocycles. The summed E-state index contributed by atoms with van der Waals surface area (Å²) in [5, 5.41) is 0. The van der Waals surface area contributed by atoms with Gasteiger partial charge in [-0.15, -0.1) is 0 Å². The van der Waals surface area contributed by atoms with Crippen LogP contribution in [0.25, 0.3) is 0 Å². The lowest BCUT2D eigenvalue weighted by atomic mass is 9.94. The minimum absolute atomic E-state index is 0.758. The fourth-order valence-electron chi connectivity index (χ4n) is 2.44. The molecular weight excluding hydrogens is 172 g/mol. The fraction of sp³-hybridized carbons (Fsp3) is 0.750. The van der Waals surface area contributed by atoms with Gasteiger partial charge >= 0.3 is 0 Å². The first-order valence-corrected chi connectivity index (χ1v) is 5.82. The van der Waals surface area contributed by atoms with E-state index in [1.807, 2.05) is 6.20 Å². The number of hydrogen-bond acceptors (Lipinski definition) is 2. The third kappa shape index (κ3) is 2.17. The Morgan fingerprint density at radius 3 is 2.71 bits per heavy atom. The molecule has 0 radical (unpaired) electrons. The Morgan fingerprint density at radius 1 is 1.29 bits per heavy atom. The van der Waals surface area contributed by atoms with Crippen LogP contribution in [0, 0.1) is 0 Å². The molecular formula is C12H20N2. The summed E-state index contributed by atoms with van der Waals surface area (Å²) in [7, 11) is 2.22. The van der Waals surface area contributed by atoms with Crippen molar-refractivity contribution in [3.8, 4) is 0 Å². The van der Waals surface area contributed by atoms with Gasteiger partial charge in [0.25, 0.3) is 0 Å². The zero-order valence-corrected chi connectivity index (χ0v) is 9.08. The topological polar surface area (TPSA) is 15.6 Å². The van der Waals surface area contributed by atoms with Crippen LogP contribution in [0.5, 0.6) is 0 Å². The summed E-state index contributed by atoms with van der Waals surface area (Å²) >= 11 is 0. The third-order valence-corrected chi connectivity index (χ3v) is 3.39. The molecule has 78 valence electrons. The Hall–Kier alpha value is -0.790. The molecule has 1 aliphatic heterocycles. The monoisotopic (exact) mass is 192 g/mol. The van der Waals surface area contributed by atoms with Gasteiger partial charge in [0.1, 0.15) is 5.84 Å². The number of nitrogens with zero attached hydrogens (tertiary/aromatic N) is 2. The molecule has 1 aliphatic carbocycles. The number of rotatable bonds is 1. The molecule has 0 aromatic heterocycles. The van der Waals surface area contributed by atoms with Crippen molar-refractivity contribution in [2.45, 2.75) is 51.0 Å². The Kier molecular flexibility index (Phi) is 3.22. The van der Waals surface area contributed by atoms with E-state index in [0.29, 0.717) is 0 Å². The normalized spacial score (nSPS) is 23.4. The maximum absolute atomic E-state index is 4.47. The zero-order chi connectivity index (χ0) is 9.80. The van der Waals surface area contributed by atoms with E-state index in [1.54, 1.807) is 0 Å². The van der Waals surface area contributed by atoms with Gasteiger partial charge in [-0.1, -0.05) is 25.3 Å². The largest absolute Gasteiger partial charge is 0.360 e. The molecule has 0 spiro atoms. The van der Waals surface area contributed by atoms with Gasteiger partial charge < -0.3 is 4.90 Å². The molecule has 2 nitrogen and oxygen atoms in total. The molecule has 1 heterocycles. The predicted octanol–water partition coefficient (Wildman–Crippen LogP) is 2.96. The van der Waals surface area contributed by atoms with Gasteiger partial charge in [0.15, 0.2) is 0 Å². The smallest absolute Gasteiger partial charge is 0.104 e. The first kappa shape index (κ1) is 9.75. The Bertz CT molecular complexity index is 237. The maximum Gasteiger partial charge on any atom is 0.104 e. The highest BCUT2D eigenvalue weighted by Gasteiger charge is 2.20. The number of aliphatic imine (C=N–C) groups is 1. The standard InChI is InChI=1S/C12H20N2/c1-14(11-7-3-2-4-8-11)12-9-5-6-10-13-12/h6,10-11H,2-5,7-9H2,1H3. The van der Waals surface area contributed by atoms with Crippen molar-refractivity contribution in [3.05, 3.63) is 12.3 Å². The second kappa shape index (κ2) is 4.63. The summed E-state index contributed by atoms with van der Waals surface area (Å²) in [6.45, 7) is 0. The summed E-state index contributed by atoms with van der Waals surface area (Å²) in [6, 6.07) is 0.758. The van der Waals surface area contributed by atoms with Gasteiger partial charge in [0.2, 0.25) is 0 Å². The van der Waals surface area contributed by atoms with Gasteiger partial charge in [0, 0.05) is 25.7 Å². The predicted molar refractivity (Wildman–Crippen MR) is 60.4 cm³/mol. The first-order chi connectivity index (χ1) is 6.88. The lowest BCUT2D eigenvalue weighted by Crippen LogP contribution is -2.38. The average molecular weight is 192 g/mol. The second-order valence-corrected chi connectivity index (χ2v) is 4.37. The third-order valence-electron chi connectivity index (χ3n) is 3.39. The van der Waals surface area contributed by atoms with E-state index in [1.165, 1.54) is 37.9 Å². The zero-order valence-electron chi connectivity index (χ0n) is 9.08. The van der Waals surface area contributed by atoms with Crippen LogP contribution in [0.2, 0.25) is 0 Å². The van der Waals surface area contributed by atoms with Crippen molar-refractivity contribution in [1.82, 2.24) is 4.90 Å². The molecule has 0 unspecified atom stereocenters. The molecule has 0 N–H and O–H groups in total. The molecule has 0 bridgehead atoms. The molecule has 0 amide bonds. The molecule has 1 fully saturated rings. The highest BCUT2D eigenvalue weighted by Crippen LogP contribution is 2.23. The van der Waals surface area contributed by atoms with Gasteiger partial charge in [0.05, 0.1) is 0 Å².